The van der Waals surface area contributed by atoms with Gasteiger partial charge in [-0.2, -0.15) is 11.3 Å². The molecule has 6 heteroatoms. The van der Waals surface area contributed by atoms with Crippen molar-refractivity contribution >= 4 is 17.2 Å². The van der Waals surface area contributed by atoms with Crippen LogP contribution in [0.4, 0.5) is 4.39 Å². The third-order valence-electron chi connectivity index (χ3n) is 5.34. The predicted molar refractivity (Wildman–Crippen MR) is 95.5 cm³/mol. The Hall–Kier alpha value is -1.92. The molecule has 2 aliphatic rings. The Kier molecular flexibility index (Phi) is 4.48. The minimum Gasteiger partial charge on any atom is -0.497 e. The molecule has 4 rings (SSSR count). The first-order valence-corrected chi connectivity index (χ1v) is 9.48. The summed E-state index contributed by atoms with van der Waals surface area (Å²) in [7, 11) is 1.59. The van der Waals surface area contributed by atoms with Crippen molar-refractivity contribution < 1.29 is 13.9 Å². The molecule has 1 amide bonds. The lowest BCUT2D eigenvalue weighted by Crippen LogP contribution is -2.36. The van der Waals surface area contributed by atoms with Crippen LogP contribution in [-0.4, -0.2) is 48.5 Å². The summed E-state index contributed by atoms with van der Waals surface area (Å²) in [6, 6.07) is 7.06. The number of carbonyl (C=O) groups excluding carboxylic acids is 1. The summed E-state index contributed by atoms with van der Waals surface area (Å²) in [6.45, 7) is 3.04. The number of hydrogen-bond acceptors (Lipinski definition) is 4. The maximum atomic E-state index is 14.1. The van der Waals surface area contributed by atoms with Crippen molar-refractivity contribution in [3.8, 4) is 5.75 Å². The molecule has 0 unspecified atom stereocenters. The zero-order chi connectivity index (χ0) is 17.4. The van der Waals surface area contributed by atoms with Gasteiger partial charge in [-0.15, -0.1) is 0 Å². The summed E-state index contributed by atoms with van der Waals surface area (Å²) in [6.07, 6.45) is 1.06. The van der Waals surface area contributed by atoms with E-state index in [0.29, 0.717) is 29.8 Å². The van der Waals surface area contributed by atoms with Gasteiger partial charge in [0.05, 0.1) is 12.7 Å². The molecule has 2 aromatic rings. The smallest absolute Gasteiger partial charge is 0.254 e. The van der Waals surface area contributed by atoms with Crippen molar-refractivity contribution in [1.82, 2.24) is 9.80 Å². The molecule has 0 bridgehead atoms. The first-order valence-electron chi connectivity index (χ1n) is 8.53. The van der Waals surface area contributed by atoms with Gasteiger partial charge >= 0.3 is 0 Å². The van der Waals surface area contributed by atoms with Crippen LogP contribution in [0, 0.1) is 11.7 Å². The van der Waals surface area contributed by atoms with E-state index < -0.39 is 0 Å². The van der Waals surface area contributed by atoms with Gasteiger partial charge in [-0.05, 0) is 48.5 Å². The predicted octanol–water partition coefficient (Wildman–Crippen LogP) is 3.24. The van der Waals surface area contributed by atoms with E-state index in [1.165, 1.54) is 6.07 Å². The molecule has 3 heterocycles. The molecule has 2 saturated heterocycles. The molecule has 132 valence electrons. The second kappa shape index (κ2) is 6.77. The van der Waals surface area contributed by atoms with Crippen molar-refractivity contribution in [2.24, 2.45) is 5.92 Å². The highest BCUT2D eigenvalue weighted by Crippen LogP contribution is 2.34. The molecule has 0 spiro atoms. The number of carbonyl (C=O) groups is 1. The normalized spacial score (nSPS) is 23.0. The number of fused-ring (bicyclic) bond motifs is 1. The number of rotatable bonds is 4. The summed E-state index contributed by atoms with van der Waals surface area (Å²) in [5, 5.41) is 3.84. The average molecular weight is 360 g/mol. The lowest BCUT2D eigenvalue weighted by molar-refractivity contribution is 0.0770. The van der Waals surface area contributed by atoms with Gasteiger partial charge in [0.1, 0.15) is 11.6 Å². The van der Waals surface area contributed by atoms with Gasteiger partial charge in [0.15, 0.2) is 0 Å². The maximum Gasteiger partial charge on any atom is 0.254 e. The Morgan fingerprint density at radius 1 is 1.36 bits per heavy atom. The van der Waals surface area contributed by atoms with Gasteiger partial charge in [0.25, 0.3) is 5.91 Å². The number of amides is 1. The van der Waals surface area contributed by atoms with Crippen molar-refractivity contribution in [1.29, 1.82) is 0 Å². The third kappa shape index (κ3) is 3.16. The van der Waals surface area contributed by atoms with Gasteiger partial charge in [-0.1, -0.05) is 0 Å². The lowest BCUT2D eigenvalue weighted by Gasteiger charge is -2.25. The van der Waals surface area contributed by atoms with E-state index in [1.807, 2.05) is 21.7 Å². The van der Waals surface area contributed by atoms with Gasteiger partial charge in [0, 0.05) is 36.6 Å². The van der Waals surface area contributed by atoms with Crippen LogP contribution in [0.15, 0.2) is 35.0 Å². The standard InChI is InChI=1S/C19H21FN2O2S/c1-24-16-2-3-17(20)15(8-16)10-21-6-4-13-9-22(11-18(13)21)19(23)14-5-7-25-12-14/h2-3,5,7-8,12-13,18H,4,6,9-11H2,1H3/t13-,18+/m1/s1. The molecule has 2 fully saturated rings. The fraction of sp³-hybridized carbons (Fsp3) is 0.421. The molecular formula is C19H21FN2O2S. The highest BCUT2D eigenvalue weighted by atomic mass is 32.1. The van der Waals surface area contributed by atoms with E-state index in [0.717, 1.165) is 31.6 Å². The largest absolute Gasteiger partial charge is 0.497 e. The Morgan fingerprint density at radius 3 is 3.00 bits per heavy atom. The van der Waals surface area contributed by atoms with Crippen molar-refractivity contribution in [2.45, 2.75) is 19.0 Å². The number of hydrogen-bond donors (Lipinski definition) is 0. The first kappa shape index (κ1) is 16.5. The number of halogens is 1. The number of methoxy groups -OCH3 is 1. The highest BCUT2D eigenvalue weighted by molar-refractivity contribution is 7.08. The number of thiophene rings is 1. The molecule has 0 aliphatic carbocycles. The van der Waals surface area contributed by atoms with Crippen LogP contribution < -0.4 is 4.74 Å². The summed E-state index contributed by atoms with van der Waals surface area (Å²) >= 11 is 1.54. The van der Waals surface area contributed by atoms with Gasteiger partial charge < -0.3 is 9.64 Å². The van der Waals surface area contributed by atoms with Gasteiger partial charge in [-0.25, -0.2) is 4.39 Å². The lowest BCUT2D eigenvalue weighted by atomic mass is 10.0. The summed E-state index contributed by atoms with van der Waals surface area (Å²) in [5.74, 6) is 1.07. The molecule has 2 aliphatic heterocycles. The molecule has 1 aromatic carbocycles. The molecule has 0 radical (unpaired) electrons. The van der Waals surface area contributed by atoms with Gasteiger partial charge in [0.2, 0.25) is 0 Å². The second-order valence-corrected chi connectivity index (χ2v) is 7.55. The topological polar surface area (TPSA) is 32.8 Å². The number of ether oxygens (including phenoxy) is 1. The third-order valence-corrected chi connectivity index (χ3v) is 6.03. The van der Waals surface area contributed by atoms with Crippen LogP contribution in [0.5, 0.6) is 5.75 Å². The molecule has 0 N–H and O–H groups in total. The van der Waals surface area contributed by atoms with E-state index in [9.17, 15) is 9.18 Å². The molecule has 2 atom stereocenters. The van der Waals surface area contributed by atoms with Crippen molar-refractivity contribution in [2.75, 3.05) is 26.7 Å². The van der Waals surface area contributed by atoms with Crippen LogP contribution in [-0.2, 0) is 6.54 Å². The second-order valence-electron chi connectivity index (χ2n) is 6.77. The fourth-order valence-electron chi connectivity index (χ4n) is 4.00. The average Bonchev–Trinajstić information content (AvgIpc) is 3.34. The zero-order valence-corrected chi connectivity index (χ0v) is 15.0. The summed E-state index contributed by atoms with van der Waals surface area (Å²) in [4.78, 5) is 16.8. The number of nitrogens with zero attached hydrogens (tertiary/aromatic N) is 2. The Balaban J connectivity index is 1.46. The monoisotopic (exact) mass is 360 g/mol. The van der Waals surface area contributed by atoms with Gasteiger partial charge in [-0.3, -0.25) is 9.69 Å². The quantitative estimate of drug-likeness (QED) is 0.839. The molecular weight excluding hydrogens is 339 g/mol. The van der Waals surface area contributed by atoms with E-state index in [2.05, 4.69) is 4.90 Å². The zero-order valence-electron chi connectivity index (χ0n) is 14.2. The van der Waals surface area contributed by atoms with E-state index in [1.54, 1.807) is 30.6 Å². The fourth-order valence-corrected chi connectivity index (χ4v) is 4.63. The van der Waals surface area contributed by atoms with E-state index in [-0.39, 0.29) is 11.7 Å². The van der Waals surface area contributed by atoms with Crippen LogP contribution >= 0.6 is 11.3 Å². The Morgan fingerprint density at radius 2 is 2.24 bits per heavy atom. The molecule has 0 saturated carbocycles. The van der Waals surface area contributed by atoms with Crippen LogP contribution in [0.25, 0.3) is 0 Å². The summed E-state index contributed by atoms with van der Waals surface area (Å²) in [5.41, 5.74) is 1.43. The van der Waals surface area contributed by atoms with Crippen molar-refractivity contribution in [3.05, 3.63) is 52.0 Å². The number of benzene rings is 1. The van der Waals surface area contributed by atoms with Crippen LogP contribution in [0.1, 0.15) is 22.3 Å². The molecule has 4 nitrogen and oxygen atoms in total. The Bertz CT molecular complexity index is 765. The number of likely N-dealkylation sites (tertiary alicyclic amines) is 2. The maximum absolute atomic E-state index is 14.1. The van der Waals surface area contributed by atoms with E-state index >= 15 is 0 Å². The molecule has 1 aromatic heterocycles. The van der Waals surface area contributed by atoms with E-state index in [4.69, 9.17) is 4.74 Å². The van der Waals surface area contributed by atoms with Crippen LogP contribution in [0.3, 0.4) is 0 Å². The van der Waals surface area contributed by atoms with Crippen molar-refractivity contribution in [3.63, 3.8) is 0 Å². The minimum atomic E-state index is -0.201. The highest BCUT2D eigenvalue weighted by Gasteiger charge is 2.42. The minimum absolute atomic E-state index is 0.114. The SMILES string of the molecule is COc1ccc(F)c(CN2CC[C@@H]3CN(C(=O)c4ccsc4)C[C@@H]32)c1. The Labute approximate surface area is 150 Å². The van der Waals surface area contributed by atoms with Crippen LogP contribution in [0.2, 0.25) is 0 Å². The summed E-state index contributed by atoms with van der Waals surface area (Å²) < 4.78 is 19.4. The molecule has 25 heavy (non-hydrogen) atoms. The first-order chi connectivity index (χ1) is 12.2.